The van der Waals surface area contributed by atoms with E-state index in [4.69, 9.17) is 5.11 Å². The van der Waals surface area contributed by atoms with Crippen molar-refractivity contribution in [3.63, 3.8) is 0 Å². The quantitative estimate of drug-likeness (QED) is 0.819. The number of hydrogen-bond donors (Lipinski definition) is 2. The molecule has 0 atom stereocenters. The zero-order chi connectivity index (χ0) is 11.5. The smallest absolute Gasteiger partial charge is 0.227 e. The summed E-state index contributed by atoms with van der Waals surface area (Å²) < 4.78 is 0. The molecule has 0 unspecified atom stereocenters. The lowest BCUT2D eigenvalue weighted by Gasteiger charge is -2.24. The third kappa shape index (κ3) is 2.25. The fraction of sp³-hybridized carbons (Fsp3) is 0.462. The van der Waals surface area contributed by atoms with Crippen molar-refractivity contribution in [1.29, 1.82) is 0 Å². The Morgan fingerprint density at radius 3 is 2.81 bits per heavy atom. The summed E-state index contributed by atoms with van der Waals surface area (Å²) in [4.78, 5) is 11.8. The minimum Gasteiger partial charge on any atom is -0.392 e. The van der Waals surface area contributed by atoms with Crippen LogP contribution in [0.2, 0.25) is 0 Å². The van der Waals surface area contributed by atoms with E-state index >= 15 is 0 Å². The molecule has 1 fully saturated rings. The van der Waals surface area contributed by atoms with Crippen LogP contribution in [0.1, 0.15) is 30.4 Å². The molecule has 1 aliphatic carbocycles. The molecule has 3 heteroatoms. The Hall–Kier alpha value is -1.35. The first-order chi connectivity index (χ1) is 7.70. The van der Waals surface area contributed by atoms with Gasteiger partial charge in [0.15, 0.2) is 0 Å². The van der Waals surface area contributed by atoms with Gasteiger partial charge in [0.1, 0.15) is 0 Å². The third-order valence-electron chi connectivity index (χ3n) is 3.22. The second-order valence-corrected chi connectivity index (χ2v) is 4.42. The predicted molar refractivity (Wildman–Crippen MR) is 63.1 cm³/mol. The second kappa shape index (κ2) is 4.66. The molecule has 1 amide bonds. The molecule has 0 radical (unpaired) electrons. The Bertz CT molecular complexity index is 397. The summed E-state index contributed by atoms with van der Waals surface area (Å²) in [6, 6.07) is 5.63. The van der Waals surface area contributed by atoms with E-state index in [1.165, 1.54) is 0 Å². The normalized spacial score (nSPS) is 15.6. The Morgan fingerprint density at radius 2 is 2.25 bits per heavy atom. The monoisotopic (exact) mass is 219 g/mol. The number of rotatable bonds is 3. The molecule has 1 saturated carbocycles. The van der Waals surface area contributed by atoms with Gasteiger partial charge in [-0.1, -0.05) is 18.6 Å². The van der Waals surface area contributed by atoms with Crippen molar-refractivity contribution in [2.24, 2.45) is 5.92 Å². The zero-order valence-electron chi connectivity index (χ0n) is 9.49. The van der Waals surface area contributed by atoms with E-state index in [1.54, 1.807) is 0 Å². The molecule has 16 heavy (non-hydrogen) atoms. The first-order valence-corrected chi connectivity index (χ1v) is 5.72. The van der Waals surface area contributed by atoms with E-state index in [9.17, 15) is 4.79 Å². The standard InChI is InChI=1S/C13H17NO2/c1-9-5-6-10(8-15)7-12(9)14-13(16)11-3-2-4-11/h5-7,11,15H,2-4,8H2,1H3,(H,14,16). The molecular weight excluding hydrogens is 202 g/mol. The van der Waals surface area contributed by atoms with Crippen molar-refractivity contribution < 1.29 is 9.90 Å². The van der Waals surface area contributed by atoms with Crippen molar-refractivity contribution >= 4 is 11.6 Å². The van der Waals surface area contributed by atoms with Crippen molar-refractivity contribution in [2.75, 3.05) is 5.32 Å². The van der Waals surface area contributed by atoms with Gasteiger partial charge in [-0.2, -0.15) is 0 Å². The van der Waals surface area contributed by atoms with Crippen LogP contribution in [0, 0.1) is 12.8 Å². The summed E-state index contributed by atoms with van der Waals surface area (Å²) in [5, 5.41) is 12.0. The number of hydrogen-bond acceptors (Lipinski definition) is 2. The van der Waals surface area contributed by atoms with Crippen molar-refractivity contribution in [3.8, 4) is 0 Å². The van der Waals surface area contributed by atoms with Gasteiger partial charge in [0.05, 0.1) is 6.61 Å². The van der Waals surface area contributed by atoms with Crippen molar-refractivity contribution in [1.82, 2.24) is 0 Å². The Kier molecular flexibility index (Phi) is 3.25. The number of anilines is 1. The Morgan fingerprint density at radius 1 is 1.50 bits per heavy atom. The molecule has 0 bridgehead atoms. The number of nitrogens with one attached hydrogen (secondary N) is 1. The van der Waals surface area contributed by atoms with Gasteiger partial charge in [0.2, 0.25) is 5.91 Å². The largest absolute Gasteiger partial charge is 0.392 e. The van der Waals surface area contributed by atoms with Gasteiger partial charge in [-0.25, -0.2) is 0 Å². The van der Waals surface area contributed by atoms with Crippen LogP contribution in [0.25, 0.3) is 0 Å². The van der Waals surface area contributed by atoms with Crippen LogP contribution in [0.3, 0.4) is 0 Å². The molecule has 1 aliphatic rings. The summed E-state index contributed by atoms with van der Waals surface area (Å²) in [5.41, 5.74) is 2.68. The zero-order valence-corrected chi connectivity index (χ0v) is 9.49. The number of aliphatic hydroxyl groups excluding tert-OH is 1. The van der Waals surface area contributed by atoms with Crippen LogP contribution in [-0.4, -0.2) is 11.0 Å². The van der Waals surface area contributed by atoms with Gasteiger partial charge in [-0.05, 0) is 37.0 Å². The van der Waals surface area contributed by atoms with Gasteiger partial charge in [0.25, 0.3) is 0 Å². The van der Waals surface area contributed by atoms with E-state index in [-0.39, 0.29) is 18.4 Å². The third-order valence-corrected chi connectivity index (χ3v) is 3.22. The molecule has 2 N–H and O–H groups in total. The van der Waals surface area contributed by atoms with E-state index in [1.807, 2.05) is 25.1 Å². The van der Waals surface area contributed by atoms with Gasteiger partial charge in [-0.3, -0.25) is 4.79 Å². The lowest BCUT2D eigenvalue weighted by molar-refractivity contribution is -0.122. The highest BCUT2D eigenvalue weighted by molar-refractivity contribution is 5.93. The van der Waals surface area contributed by atoms with Crippen LogP contribution >= 0.6 is 0 Å². The molecule has 3 nitrogen and oxygen atoms in total. The summed E-state index contributed by atoms with van der Waals surface area (Å²) in [7, 11) is 0. The average molecular weight is 219 g/mol. The van der Waals surface area contributed by atoms with Crippen molar-refractivity contribution in [2.45, 2.75) is 32.8 Å². The number of carbonyl (C=O) groups excluding carboxylic acids is 1. The molecule has 1 aromatic rings. The number of aliphatic hydroxyl groups is 1. The minimum atomic E-state index is 0.00653. The maximum Gasteiger partial charge on any atom is 0.227 e. The van der Waals surface area contributed by atoms with E-state index in [0.29, 0.717) is 0 Å². The lowest BCUT2D eigenvalue weighted by atomic mass is 9.85. The van der Waals surface area contributed by atoms with E-state index in [0.717, 1.165) is 36.1 Å². The second-order valence-electron chi connectivity index (χ2n) is 4.42. The summed E-state index contributed by atoms with van der Waals surface area (Å²) in [6.07, 6.45) is 3.17. The first-order valence-electron chi connectivity index (χ1n) is 5.72. The Balaban J connectivity index is 2.09. The van der Waals surface area contributed by atoms with Crippen LogP contribution in [0.15, 0.2) is 18.2 Å². The van der Waals surface area contributed by atoms with Gasteiger partial charge >= 0.3 is 0 Å². The fourth-order valence-corrected chi connectivity index (χ4v) is 1.81. The first kappa shape index (κ1) is 11.1. The molecule has 0 spiro atoms. The number of aryl methyl sites for hydroxylation is 1. The van der Waals surface area contributed by atoms with Gasteiger partial charge < -0.3 is 10.4 Å². The molecule has 2 rings (SSSR count). The van der Waals surface area contributed by atoms with Crippen LogP contribution in [0.5, 0.6) is 0 Å². The predicted octanol–water partition coefficient (Wildman–Crippen LogP) is 2.23. The maximum absolute atomic E-state index is 11.8. The molecule has 0 aliphatic heterocycles. The van der Waals surface area contributed by atoms with Crippen molar-refractivity contribution in [3.05, 3.63) is 29.3 Å². The molecule has 86 valence electrons. The maximum atomic E-state index is 11.8. The van der Waals surface area contributed by atoms with Gasteiger partial charge in [0, 0.05) is 11.6 Å². The van der Waals surface area contributed by atoms with E-state index in [2.05, 4.69) is 5.32 Å². The fourth-order valence-electron chi connectivity index (χ4n) is 1.81. The molecule has 0 heterocycles. The Labute approximate surface area is 95.5 Å². The highest BCUT2D eigenvalue weighted by atomic mass is 16.3. The van der Waals surface area contributed by atoms with Crippen LogP contribution in [-0.2, 0) is 11.4 Å². The highest BCUT2D eigenvalue weighted by Crippen LogP contribution is 2.28. The highest BCUT2D eigenvalue weighted by Gasteiger charge is 2.25. The van der Waals surface area contributed by atoms with Crippen LogP contribution in [0.4, 0.5) is 5.69 Å². The molecule has 0 aromatic heterocycles. The average Bonchev–Trinajstić information content (AvgIpc) is 2.18. The SMILES string of the molecule is Cc1ccc(CO)cc1NC(=O)C1CCC1. The van der Waals surface area contributed by atoms with E-state index < -0.39 is 0 Å². The molecule has 1 aromatic carbocycles. The summed E-state index contributed by atoms with van der Waals surface area (Å²) in [5.74, 6) is 0.307. The molecule has 0 saturated heterocycles. The lowest BCUT2D eigenvalue weighted by Crippen LogP contribution is -2.28. The number of benzene rings is 1. The van der Waals surface area contributed by atoms with Crippen LogP contribution < -0.4 is 5.32 Å². The number of amides is 1. The molecular formula is C13H17NO2. The van der Waals surface area contributed by atoms with Gasteiger partial charge in [-0.15, -0.1) is 0 Å². The topological polar surface area (TPSA) is 49.3 Å². The number of carbonyl (C=O) groups is 1. The minimum absolute atomic E-state index is 0.00653. The summed E-state index contributed by atoms with van der Waals surface area (Å²) >= 11 is 0. The summed E-state index contributed by atoms with van der Waals surface area (Å²) in [6.45, 7) is 1.96.